The minimum absolute atomic E-state index is 0.463. The first-order valence-corrected chi connectivity index (χ1v) is 2.72. The molecule has 0 fully saturated rings. The quantitative estimate of drug-likeness (QED) is 0.452. The molecule has 0 aliphatic carbocycles. The highest BCUT2D eigenvalue weighted by Crippen LogP contribution is 1.92. The van der Waals surface area contributed by atoms with Crippen LogP contribution in [0.15, 0.2) is 11.9 Å². The van der Waals surface area contributed by atoms with Crippen molar-refractivity contribution in [3.05, 3.63) is 22.0 Å². The molecule has 0 atom stereocenters. The molecule has 0 radical (unpaired) electrons. The lowest BCUT2D eigenvalue weighted by atomic mass is 10.4. The first kappa shape index (κ1) is 7.94. The van der Waals surface area contributed by atoms with Crippen LogP contribution in [0.1, 0.15) is 13.3 Å². The third-order valence-electron chi connectivity index (χ3n) is 0.963. The average molecular weight is 130 g/mol. The lowest BCUT2D eigenvalue weighted by Gasteiger charge is -1.95. The zero-order chi connectivity index (χ0) is 7.28. The maximum Gasteiger partial charge on any atom is 0.253 e. The van der Waals surface area contributed by atoms with Gasteiger partial charge in [0.1, 0.15) is 0 Å². The molecule has 0 aromatic carbocycles. The minimum atomic E-state index is -0.463. The van der Waals surface area contributed by atoms with E-state index in [2.05, 4.69) is 5.32 Å². The highest BCUT2D eigenvalue weighted by atomic mass is 16.6. The Morgan fingerprint density at radius 3 is 2.56 bits per heavy atom. The second kappa shape index (κ2) is 3.88. The van der Waals surface area contributed by atoms with E-state index in [4.69, 9.17) is 0 Å². The van der Waals surface area contributed by atoms with Gasteiger partial charge in [0.05, 0.1) is 10.6 Å². The fourth-order valence-electron chi connectivity index (χ4n) is 0.460. The molecule has 0 aliphatic rings. The number of allylic oxidation sites excluding steroid dienone is 1. The number of nitrogens with one attached hydrogen (secondary N) is 1. The molecule has 0 heterocycles. The number of rotatable bonds is 3. The van der Waals surface area contributed by atoms with Gasteiger partial charge in [0, 0.05) is 7.05 Å². The first-order chi connectivity index (χ1) is 4.20. The minimum Gasteiger partial charge on any atom is -0.386 e. The molecule has 0 bridgehead atoms. The van der Waals surface area contributed by atoms with Crippen LogP contribution < -0.4 is 5.32 Å². The second-order valence-electron chi connectivity index (χ2n) is 1.54. The number of nitrogens with zero attached hydrogens (tertiary/aromatic N) is 1. The molecule has 1 N–H and O–H groups in total. The Hall–Kier alpha value is -1.06. The summed E-state index contributed by atoms with van der Waals surface area (Å²) in [4.78, 5) is 9.35. The van der Waals surface area contributed by atoms with Crippen molar-refractivity contribution in [2.24, 2.45) is 0 Å². The molecule has 52 valence electrons. The van der Waals surface area contributed by atoms with Crippen LogP contribution in [0.3, 0.4) is 0 Å². The molecule has 0 aromatic rings. The van der Waals surface area contributed by atoms with Crippen LogP contribution in [-0.4, -0.2) is 12.0 Å². The summed E-state index contributed by atoms with van der Waals surface area (Å²) in [5.74, 6) is 0. The average Bonchev–Trinajstić information content (AvgIpc) is 1.82. The lowest BCUT2D eigenvalue weighted by molar-refractivity contribution is -0.403. The van der Waals surface area contributed by atoms with Crippen molar-refractivity contribution in [1.29, 1.82) is 0 Å². The number of nitro groups is 1. The Morgan fingerprint density at radius 1 is 1.89 bits per heavy atom. The van der Waals surface area contributed by atoms with Gasteiger partial charge in [-0.15, -0.1) is 0 Å². The molecular weight excluding hydrogens is 120 g/mol. The predicted octanol–water partition coefficient (Wildman–Crippen LogP) is 0.734. The summed E-state index contributed by atoms with van der Waals surface area (Å²) < 4.78 is 0. The number of hydrogen-bond donors (Lipinski definition) is 1. The van der Waals surface area contributed by atoms with E-state index in [-0.39, 0.29) is 0 Å². The summed E-state index contributed by atoms with van der Waals surface area (Å²) in [7, 11) is 1.67. The van der Waals surface area contributed by atoms with Crippen molar-refractivity contribution < 1.29 is 4.92 Å². The summed E-state index contributed by atoms with van der Waals surface area (Å²) in [5.41, 5.74) is 0.639. The highest BCUT2D eigenvalue weighted by Gasteiger charge is 1.93. The molecule has 4 heteroatoms. The van der Waals surface area contributed by atoms with Crippen LogP contribution in [0, 0.1) is 10.1 Å². The van der Waals surface area contributed by atoms with Crippen LogP contribution in [0.5, 0.6) is 0 Å². The van der Waals surface area contributed by atoms with Crippen molar-refractivity contribution in [2.75, 3.05) is 7.05 Å². The van der Waals surface area contributed by atoms with E-state index in [1.165, 1.54) is 0 Å². The fourth-order valence-corrected chi connectivity index (χ4v) is 0.460. The lowest BCUT2D eigenvalue weighted by Crippen LogP contribution is -2.06. The van der Waals surface area contributed by atoms with E-state index in [9.17, 15) is 10.1 Å². The molecule has 9 heavy (non-hydrogen) atoms. The summed E-state index contributed by atoms with van der Waals surface area (Å²) in [5, 5.41) is 12.5. The normalized spacial score (nSPS) is 11.1. The van der Waals surface area contributed by atoms with Crippen LogP contribution >= 0.6 is 0 Å². The van der Waals surface area contributed by atoms with Crippen molar-refractivity contribution in [3.63, 3.8) is 0 Å². The van der Waals surface area contributed by atoms with Gasteiger partial charge in [-0.25, -0.2) is 0 Å². The molecule has 0 spiro atoms. The molecule has 0 aliphatic heterocycles. The molecule has 0 unspecified atom stereocenters. The Kier molecular flexibility index (Phi) is 3.43. The van der Waals surface area contributed by atoms with E-state index < -0.39 is 4.92 Å². The maximum absolute atomic E-state index is 9.82. The van der Waals surface area contributed by atoms with Crippen LogP contribution in [0.4, 0.5) is 0 Å². The largest absolute Gasteiger partial charge is 0.386 e. The summed E-state index contributed by atoms with van der Waals surface area (Å²) in [6, 6.07) is 0. The van der Waals surface area contributed by atoms with Crippen molar-refractivity contribution in [1.82, 2.24) is 5.32 Å². The molecule has 4 nitrogen and oxygen atoms in total. The topological polar surface area (TPSA) is 55.2 Å². The van der Waals surface area contributed by atoms with E-state index in [1.54, 1.807) is 7.05 Å². The summed E-state index contributed by atoms with van der Waals surface area (Å²) in [6.07, 6.45) is 1.64. The second-order valence-corrected chi connectivity index (χ2v) is 1.54. The van der Waals surface area contributed by atoms with Gasteiger partial charge in [-0.3, -0.25) is 10.1 Å². The van der Waals surface area contributed by atoms with Crippen LogP contribution in [-0.2, 0) is 0 Å². The Bertz CT molecular complexity index is 125. The van der Waals surface area contributed by atoms with Gasteiger partial charge in [-0.2, -0.15) is 0 Å². The van der Waals surface area contributed by atoms with Crippen molar-refractivity contribution in [2.45, 2.75) is 13.3 Å². The molecule has 0 aromatic heterocycles. The monoisotopic (exact) mass is 130 g/mol. The molecule has 0 amide bonds. The Balaban J connectivity index is 3.91. The SMILES string of the molecule is CC/C(=C/[N+](=O)[O-])NC. The highest BCUT2D eigenvalue weighted by molar-refractivity contribution is 4.91. The summed E-state index contributed by atoms with van der Waals surface area (Å²) >= 11 is 0. The van der Waals surface area contributed by atoms with E-state index in [0.717, 1.165) is 6.20 Å². The van der Waals surface area contributed by atoms with Gasteiger partial charge in [0.15, 0.2) is 0 Å². The van der Waals surface area contributed by atoms with E-state index >= 15 is 0 Å². The standard InChI is InChI=1S/C5H10N2O2/c1-3-5(6-2)4-7(8)9/h4,6H,3H2,1-2H3/b5-4-. The molecular formula is C5H10N2O2. The van der Waals surface area contributed by atoms with Crippen molar-refractivity contribution in [3.8, 4) is 0 Å². The van der Waals surface area contributed by atoms with Gasteiger partial charge < -0.3 is 5.32 Å². The number of hydrogen-bond acceptors (Lipinski definition) is 3. The molecule has 0 saturated heterocycles. The van der Waals surface area contributed by atoms with Gasteiger partial charge >= 0.3 is 0 Å². The van der Waals surface area contributed by atoms with E-state index in [1.807, 2.05) is 6.92 Å². The molecule has 0 rings (SSSR count). The smallest absolute Gasteiger partial charge is 0.253 e. The van der Waals surface area contributed by atoms with Gasteiger partial charge in [-0.1, -0.05) is 6.92 Å². The fraction of sp³-hybridized carbons (Fsp3) is 0.600. The molecule has 0 saturated carbocycles. The van der Waals surface area contributed by atoms with Gasteiger partial charge in [-0.05, 0) is 6.42 Å². The first-order valence-electron chi connectivity index (χ1n) is 2.72. The predicted molar refractivity (Wildman–Crippen MR) is 34.4 cm³/mol. The third-order valence-corrected chi connectivity index (χ3v) is 0.963. The Labute approximate surface area is 53.7 Å². The zero-order valence-electron chi connectivity index (χ0n) is 5.55. The Morgan fingerprint density at radius 2 is 2.44 bits per heavy atom. The van der Waals surface area contributed by atoms with Gasteiger partial charge in [0.2, 0.25) is 0 Å². The van der Waals surface area contributed by atoms with Crippen LogP contribution in [0.2, 0.25) is 0 Å². The maximum atomic E-state index is 9.82. The summed E-state index contributed by atoms with van der Waals surface area (Å²) in [6.45, 7) is 1.85. The van der Waals surface area contributed by atoms with Gasteiger partial charge in [0.25, 0.3) is 6.20 Å². The zero-order valence-corrected chi connectivity index (χ0v) is 5.55. The van der Waals surface area contributed by atoms with Crippen LogP contribution in [0.25, 0.3) is 0 Å². The van der Waals surface area contributed by atoms with Crippen molar-refractivity contribution >= 4 is 0 Å². The third kappa shape index (κ3) is 3.52. The van der Waals surface area contributed by atoms with E-state index in [0.29, 0.717) is 12.1 Å².